The summed E-state index contributed by atoms with van der Waals surface area (Å²) in [6, 6.07) is 14.7. The Labute approximate surface area is 341 Å². The number of aliphatic hydroxyl groups excluding tert-OH is 3. The van der Waals surface area contributed by atoms with Crippen molar-refractivity contribution in [1.82, 2.24) is 5.32 Å². The lowest BCUT2D eigenvalue weighted by molar-refractivity contribution is -0.365. The SMILES string of the molecule is CCOC(=O)N[C@@H](c1ccccc1)[C@@H](O)C(=O)O[C@H]1C[C@@]2(O)[C@@H](OC(=O)c3ccccc3)[C@@H]3[C@]4(OC(C)=O)CO[C@@H]4C[C@H](O)[C@@]3(C)[C@@H](O)[C@H](OC(C)=O)C(=C1C)C2(C)C. The average Bonchev–Trinajstić information content (AvgIpc) is 3.18. The van der Waals surface area contributed by atoms with Gasteiger partial charge in [-0.15, -0.1) is 0 Å². The highest BCUT2D eigenvalue weighted by Gasteiger charge is 2.78. The number of alkyl carbamates (subject to hydrolysis) is 1. The monoisotopic (exact) mass is 823 g/mol. The first kappa shape index (κ1) is 43.7. The fourth-order valence-corrected chi connectivity index (χ4v) is 9.91. The van der Waals surface area contributed by atoms with Crippen LogP contribution in [0.15, 0.2) is 71.8 Å². The van der Waals surface area contributed by atoms with E-state index >= 15 is 0 Å². The average molecular weight is 824 g/mol. The van der Waals surface area contributed by atoms with E-state index in [9.17, 15) is 44.4 Å². The molecule has 1 amide bonds. The first-order valence-electron chi connectivity index (χ1n) is 19.6. The summed E-state index contributed by atoms with van der Waals surface area (Å²) >= 11 is 0. The molecule has 3 aliphatic carbocycles. The Morgan fingerprint density at radius 1 is 0.915 bits per heavy atom. The predicted octanol–water partition coefficient (Wildman–Crippen LogP) is 2.84. The Balaban J connectivity index is 1.55. The van der Waals surface area contributed by atoms with Crippen LogP contribution in [-0.4, -0.2) is 118 Å². The molecule has 0 spiro atoms. The van der Waals surface area contributed by atoms with Gasteiger partial charge in [-0.3, -0.25) is 9.59 Å². The van der Waals surface area contributed by atoms with E-state index < -0.39 is 113 Å². The largest absolute Gasteiger partial charge is 0.456 e. The van der Waals surface area contributed by atoms with Crippen molar-refractivity contribution in [3.63, 3.8) is 0 Å². The summed E-state index contributed by atoms with van der Waals surface area (Å²) in [5, 5.41) is 52.5. The number of amides is 1. The van der Waals surface area contributed by atoms with Crippen molar-refractivity contribution >= 4 is 30.0 Å². The van der Waals surface area contributed by atoms with Crippen molar-refractivity contribution in [2.45, 2.75) is 121 Å². The number of esters is 4. The Hall–Kier alpha value is -4.87. The molecular weight excluding hydrogens is 770 g/mol. The number of ether oxygens (including phenoxy) is 6. The number of benzene rings is 2. The summed E-state index contributed by atoms with van der Waals surface area (Å²) in [6.07, 6.45) is -12.7. The fourth-order valence-electron chi connectivity index (χ4n) is 9.91. The van der Waals surface area contributed by atoms with Gasteiger partial charge in [0.25, 0.3) is 0 Å². The summed E-state index contributed by atoms with van der Waals surface area (Å²) in [5.74, 6) is -5.19. The van der Waals surface area contributed by atoms with Crippen LogP contribution in [0.3, 0.4) is 0 Å². The van der Waals surface area contributed by atoms with E-state index in [1.54, 1.807) is 76.2 Å². The summed E-state index contributed by atoms with van der Waals surface area (Å²) in [7, 11) is 0. The van der Waals surface area contributed by atoms with Gasteiger partial charge in [-0.25, -0.2) is 14.4 Å². The molecule has 12 atom stereocenters. The third-order valence-electron chi connectivity index (χ3n) is 12.9. The van der Waals surface area contributed by atoms with Gasteiger partial charge in [-0.2, -0.15) is 0 Å². The lowest BCUT2D eigenvalue weighted by Crippen LogP contribution is -2.82. The van der Waals surface area contributed by atoms with E-state index in [0.717, 1.165) is 6.92 Å². The standard InChI is InChI=1S/C43H53NO15/c1-8-54-39(52)44-31(25-15-11-9-12-16-25)32(48)38(51)57-27-20-43(53)36(58-37(50)26-17-13-10-14-18-26)34-41(7,28(47)19-29-42(34,21-55-29)59-24(4)46)35(49)33(56-23(3)45)30(22(27)2)40(43,5)6/h9-18,27-29,31-36,47-49,53H,8,19-21H2,1-7H3,(H,44,52)/t27-,28-,29+,31-,32+,33+,34-,35-,36-,41+,42-,43+/m0/s1. The second-order valence-electron chi connectivity index (χ2n) is 16.6. The number of nitrogens with one attached hydrogen (secondary N) is 1. The molecular formula is C43H53NO15. The number of carbonyl (C=O) groups excluding carboxylic acids is 5. The molecule has 16 nitrogen and oxygen atoms in total. The van der Waals surface area contributed by atoms with Gasteiger partial charge in [-0.05, 0) is 42.7 Å². The van der Waals surface area contributed by atoms with Gasteiger partial charge in [0, 0.05) is 37.5 Å². The Bertz CT molecular complexity index is 1970. The van der Waals surface area contributed by atoms with Crippen molar-refractivity contribution in [1.29, 1.82) is 0 Å². The van der Waals surface area contributed by atoms with Gasteiger partial charge in [0.05, 0.1) is 36.8 Å². The van der Waals surface area contributed by atoms with E-state index in [2.05, 4.69) is 5.32 Å². The minimum absolute atomic E-state index is 0.00510. The van der Waals surface area contributed by atoms with Crippen LogP contribution in [-0.2, 0) is 42.8 Å². The number of carbonyl (C=O) groups is 5. The second-order valence-corrected chi connectivity index (χ2v) is 16.6. The van der Waals surface area contributed by atoms with E-state index in [4.69, 9.17) is 28.4 Å². The topological polar surface area (TPSA) is 234 Å². The molecule has 2 aromatic rings. The predicted molar refractivity (Wildman–Crippen MR) is 205 cm³/mol. The molecule has 320 valence electrons. The maximum Gasteiger partial charge on any atom is 0.407 e. The van der Waals surface area contributed by atoms with Crippen LogP contribution >= 0.6 is 0 Å². The van der Waals surface area contributed by atoms with Crippen LogP contribution in [0.2, 0.25) is 0 Å². The molecule has 1 heterocycles. The second kappa shape index (κ2) is 16.3. The highest BCUT2D eigenvalue weighted by Crippen LogP contribution is 2.65. The number of aliphatic hydroxyl groups is 4. The van der Waals surface area contributed by atoms with Crippen molar-refractivity contribution in [3.05, 3.63) is 82.9 Å². The molecule has 0 radical (unpaired) electrons. The smallest absolute Gasteiger partial charge is 0.407 e. The van der Waals surface area contributed by atoms with E-state index in [-0.39, 0.29) is 36.3 Å². The Morgan fingerprint density at radius 2 is 1.54 bits per heavy atom. The number of rotatable bonds is 10. The molecule has 2 bridgehead atoms. The van der Waals surface area contributed by atoms with Crippen LogP contribution < -0.4 is 5.32 Å². The van der Waals surface area contributed by atoms with Gasteiger partial charge in [0.2, 0.25) is 0 Å². The Morgan fingerprint density at radius 3 is 2.10 bits per heavy atom. The zero-order valence-corrected chi connectivity index (χ0v) is 34.1. The molecule has 6 rings (SSSR count). The number of fused-ring (bicyclic) bond motifs is 5. The molecule has 2 aromatic carbocycles. The van der Waals surface area contributed by atoms with Gasteiger partial charge in [-0.1, -0.05) is 69.3 Å². The fraction of sp³-hybridized carbons (Fsp3) is 0.558. The maximum atomic E-state index is 14.2. The van der Waals surface area contributed by atoms with Crippen molar-refractivity contribution < 1.29 is 72.8 Å². The molecule has 2 saturated carbocycles. The highest BCUT2D eigenvalue weighted by atomic mass is 16.6. The molecule has 1 saturated heterocycles. The third-order valence-corrected chi connectivity index (χ3v) is 12.9. The highest BCUT2D eigenvalue weighted by molar-refractivity contribution is 5.89. The molecule has 1 aliphatic heterocycles. The first-order valence-corrected chi connectivity index (χ1v) is 19.6. The third kappa shape index (κ3) is 7.39. The van der Waals surface area contributed by atoms with Gasteiger partial charge >= 0.3 is 30.0 Å². The zero-order chi connectivity index (χ0) is 43.2. The van der Waals surface area contributed by atoms with Crippen molar-refractivity contribution in [3.8, 4) is 0 Å². The van der Waals surface area contributed by atoms with Crippen LogP contribution in [0.25, 0.3) is 0 Å². The lowest BCUT2D eigenvalue weighted by Gasteiger charge is -2.69. The summed E-state index contributed by atoms with van der Waals surface area (Å²) in [4.78, 5) is 66.9. The van der Waals surface area contributed by atoms with Crippen LogP contribution in [0.4, 0.5) is 4.79 Å². The maximum absolute atomic E-state index is 14.2. The van der Waals surface area contributed by atoms with E-state index in [0.29, 0.717) is 5.56 Å². The van der Waals surface area contributed by atoms with Gasteiger partial charge in [0.15, 0.2) is 17.8 Å². The van der Waals surface area contributed by atoms with Crippen molar-refractivity contribution in [2.24, 2.45) is 16.7 Å². The van der Waals surface area contributed by atoms with Gasteiger partial charge in [0.1, 0.15) is 30.0 Å². The Kier molecular flexibility index (Phi) is 12.1. The molecule has 16 heteroatoms. The zero-order valence-electron chi connectivity index (χ0n) is 34.1. The molecule has 4 aliphatic rings. The van der Waals surface area contributed by atoms with Crippen LogP contribution in [0.1, 0.15) is 83.3 Å². The minimum atomic E-state index is -2.35. The van der Waals surface area contributed by atoms with Gasteiger partial charge < -0.3 is 54.2 Å². The molecule has 5 N–H and O–H groups in total. The molecule has 0 unspecified atom stereocenters. The van der Waals surface area contributed by atoms with Crippen LogP contribution in [0.5, 0.6) is 0 Å². The van der Waals surface area contributed by atoms with E-state index in [1.807, 2.05) is 0 Å². The summed E-state index contributed by atoms with van der Waals surface area (Å²) in [5.41, 5.74) is -6.78. The minimum Gasteiger partial charge on any atom is -0.456 e. The van der Waals surface area contributed by atoms with E-state index in [1.165, 1.54) is 26.0 Å². The summed E-state index contributed by atoms with van der Waals surface area (Å²) in [6.45, 7) is 9.84. The molecule has 59 heavy (non-hydrogen) atoms. The number of hydrogen-bond donors (Lipinski definition) is 5. The lowest BCUT2D eigenvalue weighted by atomic mass is 9.44. The quantitative estimate of drug-likeness (QED) is 0.132. The van der Waals surface area contributed by atoms with Crippen LogP contribution in [0, 0.1) is 16.7 Å². The summed E-state index contributed by atoms with van der Waals surface area (Å²) < 4.78 is 35.3. The van der Waals surface area contributed by atoms with Crippen molar-refractivity contribution in [2.75, 3.05) is 13.2 Å². The normalized spacial score (nSPS) is 34.1. The molecule has 0 aromatic heterocycles. The molecule has 3 fully saturated rings. The first-order chi connectivity index (χ1) is 27.7. The number of hydrogen-bond acceptors (Lipinski definition) is 15.